The van der Waals surface area contributed by atoms with Gasteiger partial charge in [0.2, 0.25) is 0 Å². The first-order valence-electron chi connectivity index (χ1n) is 6.65. The third-order valence-corrected chi connectivity index (χ3v) is 3.94. The number of nitrogens with one attached hydrogen (secondary N) is 2. The highest BCUT2D eigenvalue weighted by molar-refractivity contribution is 7.10. The van der Waals surface area contributed by atoms with Crippen LogP contribution in [0.5, 0.6) is 0 Å². The molecule has 19 heavy (non-hydrogen) atoms. The maximum atomic E-state index is 10.5. The molecule has 0 aliphatic heterocycles. The second-order valence-corrected chi connectivity index (χ2v) is 5.47. The number of carbonyl (C=O) groups is 1. The summed E-state index contributed by atoms with van der Waals surface area (Å²) >= 11 is 1.75. The Labute approximate surface area is 118 Å². The molecule has 0 aliphatic rings. The van der Waals surface area contributed by atoms with Crippen molar-refractivity contribution in [1.29, 1.82) is 0 Å². The van der Waals surface area contributed by atoms with Crippen LogP contribution in [0.4, 0.5) is 0 Å². The van der Waals surface area contributed by atoms with Crippen molar-refractivity contribution in [3.05, 3.63) is 22.4 Å². The van der Waals surface area contributed by atoms with Gasteiger partial charge in [-0.15, -0.1) is 11.3 Å². The summed E-state index contributed by atoms with van der Waals surface area (Å²) < 4.78 is 0. The highest BCUT2D eigenvalue weighted by Gasteiger charge is 2.10. The molecule has 0 radical (unpaired) electrons. The van der Waals surface area contributed by atoms with Crippen molar-refractivity contribution in [2.45, 2.75) is 44.7 Å². The predicted molar refractivity (Wildman–Crippen MR) is 78.0 cm³/mol. The molecule has 1 heterocycles. The van der Waals surface area contributed by atoms with Crippen LogP contribution in [0, 0.1) is 0 Å². The normalized spacial score (nSPS) is 14.2. The number of carboxylic acid groups (broad SMARTS) is 1. The fraction of sp³-hybridized carbons (Fsp3) is 0.615. The van der Waals surface area contributed by atoms with Gasteiger partial charge < -0.3 is 10.8 Å². The van der Waals surface area contributed by atoms with Crippen molar-refractivity contribution in [2.24, 2.45) is 5.73 Å². The number of hydrogen-bond donors (Lipinski definition) is 4. The Hall–Kier alpha value is -0.950. The molecule has 0 aliphatic carbocycles. The van der Waals surface area contributed by atoms with Gasteiger partial charge in [0, 0.05) is 11.4 Å². The SMILES string of the molecule is CCC(NNCCCC[C@H](N)C(=O)O)c1cccs1. The predicted octanol–water partition coefficient (Wildman–Crippen LogP) is 1.88. The third kappa shape index (κ3) is 6.15. The number of rotatable bonds is 10. The van der Waals surface area contributed by atoms with Crippen LogP contribution in [-0.2, 0) is 4.79 Å². The lowest BCUT2D eigenvalue weighted by Gasteiger charge is -2.16. The first kappa shape index (κ1) is 16.1. The summed E-state index contributed by atoms with van der Waals surface area (Å²) in [7, 11) is 0. The van der Waals surface area contributed by atoms with Crippen molar-refractivity contribution >= 4 is 17.3 Å². The average molecular weight is 285 g/mol. The lowest BCUT2D eigenvalue weighted by molar-refractivity contribution is -0.138. The molecule has 1 aromatic rings. The molecule has 6 heteroatoms. The topological polar surface area (TPSA) is 87.4 Å². The van der Waals surface area contributed by atoms with Crippen LogP contribution < -0.4 is 16.6 Å². The minimum atomic E-state index is -0.921. The molecule has 0 amide bonds. The van der Waals surface area contributed by atoms with Gasteiger partial charge in [-0.3, -0.25) is 10.2 Å². The van der Waals surface area contributed by atoms with Gasteiger partial charge in [0.15, 0.2) is 0 Å². The minimum absolute atomic E-state index is 0.335. The minimum Gasteiger partial charge on any atom is -0.480 e. The Balaban J connectivity index is 2.08. The molecule has 1 aromatic heterocycles. The van der Waals surface area contributed by atoms with E-state index in [-0.39, 0.29) is 0 Å². The van der Waals surface area contributed by atoms with E-state index >= 15 is 0 Å². The second kappa shape index (κ2) is 9.03. The van der Waals surface area contributed by atoms with E-state index in [0.717, 1.165) is 25.8 Å². The fourth-order valence-corrected chi connectivity index (χ4v) is 2.62. The van der Waals surface area contributed by atoms with Crippen LogP contribution >= 0.6 is 11.3 Å². The molecule has 1 rings (SSSR count). The summed E-state index contributed by atoms with van der Waals surface area (Å²) in [4.78, 5) is 11.8. The van der Waals surface area contributed by atoms with E-state index in [1.54, 1.807) is 11.3 Å². The number of unbranched alkanes of at least 4 members (excludes halogenated alkanes) is 1. The van der Waals surface area contributed by atoms with E-state index in [1.807, 2.05) is 0 Å². The molecule has 2 atom stereocenters. The van der Waals surface area contributed by atoms with Crippen molar-refractivity contribution < 1.29 is 9.90 Å². The highest BCUT2D eigenvalue weighted by atomic mass is 32.1. The van der Waals surface area contributed by atoms with E-state index in [4.69, 9.17) is 10.8 Å². The van der Waals surface area contributed by atoms with E-state index in [1.165, 1.54) is 4.88 Å². The van der Waals surface area contributed by atoms with Crippen LogP contribution in [0.25, 0.3) is 0 Å². The average Bonchev–Trinajstić information content (AvgIpc) is 2.91. The van der Waals surface area contributed by atoms with E-state index in [2.05, 4.69) is 35.3 Å². The van der Waals surface area contributed by atoms with Gasteiger partial charge in [-0.2, -0.15) is 0 Å². The smallest absolute Gasteiger partial charge is 0.320 e. The Morgan fingerprint density at radius 2 is 2.32 bits per heavy atom. The summed E-state index contributed by atoms with van der Waals surface area (Å²) in [5.41, 5.74) is 11.9. The first-order valence-corrected chi connectivity index (χ1v) is 7.53. The molecule has 5 nitrogen and oxygen atoms in total. The molecular formula is C13H23N3O2S. The van der Waals surface area contributed by atoms with Crippen molar-refractivity contribution in [3.8, 4) is 0 Å². The number of thiophene rings is 1. The zero-order chi connectivity index (χ0) is 14.1. The van der Waals surface area contributed by atoms with Crippen LogP contribution in [0.15, 0.2) is 17.5 Å². The quantitative estimate of drug-likeness (QED) is 0.389. The summed E-state index contributed by atoms with van der Waals surface area (Å²) in [5, 5.41) is 10.7. The van der Waals surface area contributed by atoms with Crippen LogP contribution in [0.1, 0.15) is 43.5 Å². The van der Waals surface area contributed by atoms with Gasteiger partial charge in [0.1, 0.15) is 6.04 Å². The van der Waals surface area contributed by atoms with Gasteiger partial charge in [-0.25, -0.2) is 5.43 Å². The Morgan fingerprint density at radius 3 is 2.89 bits per heavy atom. The van der Waals surface area contributed by atoms with Crippen LogP contribution in [0.3, 0.4) is 0 Å². The number of nitrogens with two attached hydrogens (primary N) is 1. The van der Waals surface area contributed by atoms with Crippen LogP contribution in [-0.4, -0.2) is 23.7 Å². The van der Waals surface area contributed by atoms with Gasteiger partial charge in [-0.1, -0.05) is 13.0 Å². The molecule has 0 fully saturated rings. The number of hydrazine groups is 1. The second-order valence-electron chi connectivity index (χ2n) is 4.49. The highest BCUT2D eigenvalue weighted by Crippen LogP contribution is 2.20. The van der Waals surface area contributed by atoms with Crippen molar-refractivity contribution in [3.63, 3.8) is 0 Å². The molecule has 0 aromatic carbocycles. The zero-order valence-electron chi connectivity index (χ0n) is 11.3. The van der Waals surface area contributed by atoms with Crippen molar-refractivity contribution in [1.82, 2.24) is 10.9 Å². The zero-order valence-corrected chi connectivity index (χ0v) is 12.1. The van der Waals surface area contributed by atoms with E-state index in [9.17, 15) is 4.79 Å². The number of aliphatic carboxylic acids is 1. The third-order valence-electron chi connectivity index (χ3n) is 2.96. The Kier molecular flexibility index (Phi) is 7.66. The molecule has 108 valence electrons. The fourth-order valence-electron chi connectivity index (χ4n) is 1.76. The summed E-state index contributed by atoms with van der Waals surface area (Å²) in [5.74, 6) is -0.921. The molecule has 0 saturated heterocycles. The van der Waals surface area contributed by atoms with E-state index < -0.39 is 12.0 Å². The van der Waals surface area contributed by atoms with Gasteiger partial charge in [-0.05, 0) is 37.1 Å². The maximum Gasteiger partial charge on any atom is 0.320 e. The molecule has 0 saturated carbocycles. The monoisotopic (exact) mass is 285 g/mol. The Morgan fingerprint density at radius 1 is 1.53 bits per heavy atom. The van der Waals surface area contributed by atoms with E-state index in [0.29, 0.717) is 12.5 Å². The number of carboxylic acids is 1. The summed E-state index contributed by atoms with van der Waals surface area (Å²) in [6.45, 7) is 2.96. The molecule has 1 unspecified atom stereocenters. The molecule has 0 bridgehead atoms. The van der Waals surface area contributed by atoms with Gasteiger partial charge in [0.25, 0.3) is 0 Å². The van der Waals surface area contributed by atoms with Gasteiger partial charge >= 0.3 is 5.97 Å². The molecule has 0 spiro atoms. The maximum absolute atomic E-state index is 10.5. The molecular weight excluding hydrogens is 262 g/mol. The lowest BCUT2D eigenvalue weighted by atomic mass is 10.1. The van der Waals surface area contributed by atoms with Crippen LogP contribution in [0.2, 0.25) is 0 Å². The number of hydrogen-bond acceptors (Lipinski definition) is 5. The molecule has 5 N–H and O–H groups in total. The van der Waals surface area contributed by atoms with Gasteiger partial charge in [0.05, 0.1) is 6.04 Å². The standard InChI is InChI=1S/C13H23N3O2S/c1-2-11(12-7-5-9-19-12)16-15-8-4-3-6-10(14)13(17)18/h5,7,9-11,15-16H,2-4,6,8,14H2,1H3,(H,17,18)/t10-,11?/m0/s1. The van der Waals surface area contributed by atoms with Crippen molar-refractivity contribution in [2.75, 3.05) is 6.54 Å². The lowest BCUT2D eigenvalue weighted by Crippen LogP contribution is -2.36. The summed E-state index contributed by atoms with van der Waals surface area (Å²) in [6.07, 6.45) is 3.28. The Bertz CT molecular complexity index is 357. The first-order chi connectivity index (χ1) is 9.15. The largest absolute Gasteiger partial charge is 0.480 e. The summed E-state index contributed by atoms with van der Waals surface area (Å²) in [6, 6.07) is 3.78.